The predicted octanol–water partition coefficient (Wildman–Crippen LogP) is 2.91. The number of aromatic carboxylic acids is 1. The first-order valence-electron chi connectivity index (χ1n) is 8.98. The number of hydrogen-bond donors (Lipinski definition) is 1. The molecule has 1 aromatic carbocycles. The van der Waals surface area contributed by atoms with Crippen molar-refractivity contribution < 1.29 is 14.7 Å². The number of carboxylic acid groups (broad SMARTS) is 1. The molecule has 1 fully saturated rings. The smallest absolute Gasteiger partial charge is 0.335 e. The number of carbonyl (C=O) groups is 2. The molecule has 1 amide bonds. The number of benzene rings is 1. The van der Waals surface area contributed by atoms with Crippen LogP contribution in [0.3, 0.4) is 0 Å². The van der Waals surface area contributed by atoms with Crippen LogP contribution >= 0.6 is 0 Å². The lowest BCUT2D eigenvalue weighted by atomic mass is 9.90. The third-order valence-electron chi connectivity index (χ3n) is 5.43. The van der Waals surface area contributed by atoms with E-state index >= 15 is 0 Å². The summed E-state index contributed by atoms with van der Waals surface area (Å²) in [6.07, 6.45) is 1.96. The average molecular weight is 355 g/mol. The van der Waals surface area contributed by atoms with Crippen molar-refractivity contribution in [1.82, 2.24) is 14.7 Å². The van der Waals surface area contributed by atoms with Gasteiger partial charge in [-0.05, 0) is 56.9 Å². The van der Waals surface area contributed by atoms with Gasteiger partial charge in [-0.15, -0.1) is 0 Å². The summed E-state index contributed by atoms with van der Waals surface area (Å²) in [4.78, 5) is 25.7. The third-order valence-corrected chi connectivity index (χ3v) is 5.43. The minimum atomic E-state index is -0.919. The highest BCUT2D eigenvalue weighted by molar-refractivity contribution is 5.87. The van der Waals surface area contributed by atoms with Gasteiger partial charge < -0.3 is 10.0 Å². The molecule has 2 heterocycles. The van der Waals surface area contributed by atoms with E-state index in [0.29, 0.717) is 6.54 Å². The first kappa shape index (κ1) is 18.2. The summed E-state index contributed by atoms with van der Waals surface area (Å²) in [7, 11) is 0. The molecule has 1 aromatic heterocycles. The molecule has 1 atom stereocenters. The molecule has 6 nitrogen and oxygen atoms in total. The molecular weight excluding hydrogens is 330 g/mol. The summed E-state index contributed by atoms with van der Waals surface area (Å²) in [5, 5.41) is 13.5. The molecule has 138 valence electrons. The number of likely N-dealkylation sites (tertiary alicyclic amines) is 1. The lowest BCUT2D eigenvalue weighted by molar-refractivity contribution is -0.133. The Hall–Kier alpha value is -2.63. The highest BCUT2D eigenvalue weighted by Crippen LogP contribution is 2.27. The molecule has 1 aliphatic rings. The van der Waals surface area contributed by atoms with Gasteiger partial charge in [-0.25, -0.2) is 4.79 Å². The fourth-order valence-electron chi connectivity index (χ4n) is 3.54. The summed E-state index contributed by atoms with van der Waals surface area (Å²) in [6.45, 7) is 7.68. The van der Waals surface area contributed by atoms with Gasteiger partial charge in [0.25, 0.3) is 0 Å². The van der Waals surface area contributed by atoms with Crippen LogP contribution in [-0.2, 0) is 11.3 Å². The second kappa shape index (κ2) is 7.32. The zero-order valence-electron chi connectivity index (χ0n) is 15.5. The maximum atomic E-state index is 12.7. The van der Waals surface area contributed by atoms with Crippen molar-refractivity contribution in [2.24, 2.45) is 0 Å². The van der Waals surface area contributed by atoms with Gasteiger partial charge in [-0.1, -0.05) is 12.1 Å². The number of hydrogen-bond acceptors (Lipinski definition) is 3. The van der Waals surface area contributed by atoms with Gasteiger partial charge in [0.05, 0.1) is 11.3 Å². The number of carbonyl (C=O) groups excluding carboxylic acids is 1. The van der Waals surface area contributed by atoms with Crippen molar-refractivity contribution >= 4 is 11.9 Å². The quantitative estimate of drug-likeness (QED) is 0.915. The minimum Gasteiger partial charge on any atom is -0.478 e. The summed E-state index contributed by atoms with van der Waals surface area (Å²) in [6, 6.07) is 7.01. The second-order valence-corrected chi connectivity index (χ2v) is 7.06. The van der Waals surface area contributed by atoms with E-state index in [1.807, 2.05) is 37.8 Å². The molecule has 1 unspecified atom stereocenters. The van der Waals surface area contributed by atoms with Gasteiger partial charge >= 0.3 is 5.97 Å². The van der Waals surface area contributed by atoms with Gasteiger partial charge in [-0.3, -0.25) is 9.48 Å². The second-order valence-electron chi connectivity index (χ2n) is 7.06. The van der Waals surface area contributed by atoms with Gasteiger partial charge in [0.1, 0.15) is 6.54 Å². The van der Waals surface area contributed by atoms with E-state index in [0.717, 1.165) is 41.9 Å². The molecular formula is C20H25N3O3. The zero-order valence-corrected chi connectivity index (χ0v) is 15.5. The Bertz CT molecular complexity index is 824. The summed E-state index contributed by atoms with van der Waals surface area (Å²) in [5.74, 6) is -0.586. The van der Waals surface area contributed by atoms with Gasteiger partial charge in [0.2, 0.25) is 5.91 Å². The number of aryl methyl sites for hydroxylation is 1. The normalized spacial score (nSPS) is 17.3. The van der Waals surface area contributed by atoms with Gasteiger partial charge in [0, 0.05) is 24.7 Å². The van der Waals surface area contributed by atoms with E-state index in [9.17, 15) is 9.59 Å². The van der Waals surface area contributed by atoms with Crippen LogP contribution in [0.5, 0.6) is 0 Å². The number of rotatable bonds is 4. The lowest BCUT2D eigenvalue weighted by Crippen LogP contribution is -2.41. The van der Waals surface area contributed by atoms with Crippen LogP contribution in [0.1, 0.15) is 51.6 Å². The van der Waals surface area contributed by atoms with Crippen molar-refractivity contribution in [3.8, 4) is 0 Å². The molecule has 3 rings (SSSR count). The predicted molar refractivity (Wildman–Crippen MR) is 98.4 cm³/mol. The van der Waals surface area contributed by atoms with E-state index in [-0.39, 0.29) is 23.9 Å². The molecule has 26 heavy (non-hydrogen) atoms. The molecule has 0 aliphatic carbocycles. The third kappa shape index (κ3) is 3.64. The topological polar surface area (TPSA) is 75.4 Å². The molecule has 6 heteroatoms. The van der Waals surface area contributed by atoms with Crippen molar-refractivity contribution in [2.45, 2.75) is 46.1 Å². The van der Waals surface area contributed by atoms with Crippen LogP contribution < -0.4 is 0 Å². The van der Waals surface area contributed by atoms with Crippen LogP contribution in [0.25, 0.3) is 0 Å². The number of nitrogens with zero attached hydrogens (tertiary/aromatic N) is 3. The zero-order chi connectivity index (χ0) is 18.8. The summed E-state index contributed by atoms with van der Waals surface area (Å²) in [5.41, 5.74) is 4.51. The Morgan fingerprint density at radius 3 is 2.46 bits per heavy atom. The molecule has 1 N–H and O–H groups in total. The number of piperidine rings is 1. The molecule has 2 aromatic rings. The van der Waals surface area contributed by atoms with E-state index in [2.05, 4.69) is 5.10 Å². The van der Waals surface area contributed by atoms with Crippen molar-refractivity contribution in [2.75, 3.05) is 13.1 Å². The van der Waals surface area contributed by atoms with Crippen LogP contribution in [-0.4, -0.2) is 44.8 Å². The Balaban J connectivity index is 1.68. The summed E-state index contributed by atoms with van der Waals surface area (Å²) < 4.78 is 1.79. The van der Waals surface area contributed by atoms with Crippen LogP contribution in [0.2, 0.25) is 0 Å². The van der Waals surface area contributed by atoms with Crippen molar-refractivity contribution in [3.63, 3.8) is 0 Å². The van der Waals surface area contributed by atoms with Crippen molar-refractivity contribution in [3.05, 3.63) is 52.3 Å². The van der Waals surface area contributed by atoms with Crippen LogP contribution in [0.4, 0.5) is 0 Å². The number of aromatic nitrogens is 2. The molecule has 1 aliphatic heterocycles. The first-order chi connectivity index (χ1) is 12.4. The lowest BCUT2D eigenvalue weighted by Gasteiger charge is -2.33. The summed E-state index contributed by atoms with van der Waals surface area (Å²) >= 11 is 0. The van der Waals surface area contributed by atoms with E-state index in [1.165, 1.54) is 0 Å². The minimum absolute atomic E-state index is 0.0856. The fourth-order valence-corrected chi connectivity index (χ4v) is 3.54. The molecule has 0 saturated carbocycles. The monoisotopic (exact) mass is 355 g/mol. The van der Waals surface area contributed by atoms with Gasteiger partial charge in [0.15, 0.2) is 0 Å². The Morgan fingerprint density at radius 1 is 1.19 bits per heavy atom. The first-order valence-corrected chi connectivity index (χ1v) is 8.98. The number of carboxylic acids is 1. The Kier molecular flexibility index (Phi) is 5.11. The highest BCUT2D eigenvalue weighted by atomic mass is 16.4. The largest absolute Gasteiger partial charge is 0.478 e. The Labute approximate surface area is 153 Å². The van der Waals surface area contributed by atoms with Gasteiger partial charge in [-0.2, -0.15) is 5.10 Å². The highest BCUT2D eigenvalue weighted by Gasteiger charge is 2.25. The molecule has 0 bridgehead atoms. The van der Waals surface area contributed by atoms with E-state index < -0.39 is 5.97 Å². The Morgan fingerprint density at radius 2 is 1.88 bits per heavy atom. The van der Waals surface area contributed by atoms with E-state index in [4.69, 9.17) is 5.11 Å². The standard InChI is InChI=1S/C20H25N3O3/c1-13-14(2)21-23(15(13)3)12-19(24)22-10-4-5-18(11-22)16-6-8-17(9-7-16)20(25)26/h6-9,18H,4-5,10-12H2,1-3H3,(H,25,26). The maximum absolute atomic E-state index is 12.7. The van der Waals surface area contributed by atoms with Crippen LogP contribution in [0.15, 0.2) is 24.3 Å². The molecule has 0 radical (unpaired) electrons. The SMILES string of the molecule is Cc1nn(CC(=O)N2CCCC(c3ccc(C(=O)O)cc3)C2)c(C)c1C. The van der Waals surface area contributed by atoms with Crippen molar-refractivity contribution in [1.29, 1.82) is 0 Å². The van der Waals surface area contributed by atoms with E-state index in [1.54, 1.807) is 16.8 Å². The van der Waals surface area contributed by atoms with Crippen LogP contribution in [0, 0.1) is 20.8 Å². The average Bonchev–Trinajstić information content (AvgIpc) is 2.88. The fraction of sp³-hybridized carbons (Fsp3) is 0.450. The molecule has 1 saturated heterocycles. The molecule has 0 spiro atoms. The number of amides is 1. The maximum Gasteiger partial charge on any atom is 0.335 e.